The maximum Gasteiger partial charge on any atom is 0.161 e. The fourth-order valence-electron chi connectivity index (χ4n) is 2.56. The van der Waals surface area contributed by atoms with Gasteiger partial charge in [0.25, 0.3) is 0 Å². The summed E-state index contributed by atoms with van der Waals surface area (Å²) < 4.78 is 10.7. The molecular formula is C15H18N2O2. The summed E-state index contributed by atoms with van der Waals surface area (Å²) in [5, 5.41) is 7.47. The van der Waals surface area contributed by atoms with Gasteiger partial charge in [0.2, 0.25) is 0 Å². The first kappa shape index (κ1) is 12.2. The van der Waals surface area contributed by atoms with Crippen LogP contribution in [-0.4, -0.2) is 18.8 Å². The lowest BCUT2D eigenvalue weighted by molar-refractivity contribution is 0.306. The monoisotopic (exact) mass is 258 g/mol. The van der Waals surface area contributed by atoms with Crippen LogP contribution in [0.4, 0.5) is 0 Å². The van der Waals surface area contributed by atoms with E-state index in [2.05, 4.69) is 10.5 Å². The quantitative estimate of drug-likeness (QED) is 0.918. The van der Waals surface area contributed by atoms with E-state index >= 15 is 0 Å². The molecular weight excluding hydrogens is 240 g/mol. The van der Waals surface area contributed by atoms with Gasteiger partial charge in [-0.3, -0.25) is 0 Å². The van der Waals surface area contributed by atoms with Crippen molar-refractivity contribution in [3.63, 3.8) is 0 Å². The van der Waals surface area contributed by atoms with Crippen molar-refractivity contribution >= 4 is 0 Å². The lowest BCUT2D eigenvalue weighted by atomic mass is 9.97. The molecule has 2 heterocycles. The van der Waals surface area contributed by atoms with Crippen LogP contribution < -0.4 is 10.1 Å². The van der Waals surface area contributed by atoms with Crippen molar-refractivity contribution in [2.24, 2.45) is 0 Å². The zero-order valence-electron chi connectivity index (χ0n) is 11.1. The van der Waals surface area contributed by atoms with Crippen molar-refractivity contribution in [1.82, 2.24) is 10.5 Å². The van der Waals surface area contributed by atoms with Crippen molar-refractivity contribution in [3.05, 3.63) is 36.2 Å². The van der Waals surface area contributed by atoms with E-state index in [0.29, 0.717) is 0 Å². The van der Waals surface area contributed by atoms with E-state index in [1.54, 1.807) is 13.3 Å². The molecule has 4 heteroatoms. The third kappa shape index (κ3) is 2.49. The van der Waals surface area contributed by atoms with E-state index in [-0.39, 0.29) is 6.04 Å². The fraction of sp³-hybridized carbons (Fsp3) is 0.400. The number of nitrogens with one attached hydrogen (secondary N) is 1. The van der Waals surface area contributed by atoms with Gasteiger partial charge in [-0.15, -0.1) is 0 Å². The number of hydrogen-bond acceptors (Lipinski definition) is 4. The van der Waals surface area contributed by atoms with E-state index in [0.717, 1.165) is 35.6 Å². The second-order valence-corrected chi connectivity index (χ2v) is 4.83. The van der Waals surface area contributed by atoms with Gasteiger partial charge in [0, 0.05) is 5.56 Å². The van der Waals surface area contributed by atoms with Crippen LogP contribution in [0.3, 0.4) is 0 Å². The van der Waals surface area contributed by atoms with Gasteiger partial charge in [-0.25, -0.2) is 0 Å². The van der Waals surface area contributed by atoms with Gasteiger partial charge in [-0.1, -0.05) is 23.7 Å². The van der Waals surface area contributed by atoms with Crippen LogP contribution >= 0.6 is 0 Å². The summed E-state index contributed by atoms with van der Waals surface area (Å²) in [6, 6.07) is 8.28. The summed E-state index contributed by atoms with van der Waals surface area (Å²) in [4.78, 5) is 0. The lowest BCUT2D eigenvalue weighted by Gasteiger charge is -2.21. The van der Waals surface area contributed by atoms with E-state index < -0.39 is 0 Å². The Morgan fingerprint density at radius 3 is 2.79 bits per heavy atom. The van der Waals surface area contributed by atoms with Crippen molar-refractivity contribution < 1.29 is 9.26 Å². The number of hydrogen-bond donors (Lipinski definition) is 1. The predicted molar refractivity (Wildman–Crippen MR) is 73.1 cm³/mol. The normalized spacial score (nSPS) is 19.3. The molecule has 19 heavy (non-hydrogen) atoms. The molecule has 3 rings (SSSR count). The van der Waals surface area contributed by atoms with Crippen LogP contribution in [0.5, 0.6) is 5.75 Å². The first-order chi connectivity index (χ1) is 9.38. The van der Waals surface area contributed by atoms with Crippen LogP contribution in [0.2, 0.25) is 0 Å². The molecule has 0 spiro atoms. The molecule has 1 aliphatic rings. The highest BCUT2D eigenvalue weighted by Gasteiger charge is 2.22. The first-order valence-corrected chi connectivity index (χ1v) is 6.71. The Hall–Kier alpha value is -1.81. The van der Waals surface area contributed by atoms with E-state index in [4.69, 9.17) is 9.26 Å². The zero-order valence-corrected chi connectivity index (χ0v) is 11.1. The van der Waals surface area contributed by atoms with Crippen LogP contribution in [0.15, 0.2) is 35.0 Å². The molecule has 1 saturated heterocycles. The minimum Gasteiger partial charge on any atom is -0.497 e. The van der Waals surface area contributed by atoms with Crippen molar-refractivity contribution in [2.75, 3.05) is 13.7 Å². The minimum absolute atomic E-state index is 0.286. The number of nitrogens with zero attached hydrogens (tertiary/aromatic N) is 1. The van der Waals surface area contributed by atoms with E-state index in [9.17, 15) is 0 Å². The number of methoxy groups -OCH3 is 1. The SMILES string of the molecule is COc1ccc(-c2cnoc2C2CCCCN2)cc1. The molecule has 0 aliphatic carbocycles. The summed E-state index contributed by atoms with van der Waals surface area (Å²) in [6.07, 6.45) is 5.38. The van der Waals surface area contributed by atoms with Crippen LogP contribution in [-0.2, 0) is 0 Å². The molecule has 4 nitrogen and oxygen atoms in total. The average molecular weight is 258 g/mol. The predicted octanol–water partition coefficient (Wildman–Crippen LogP) is 3.16. The second kappa shape index (κ2) is 5.45. The van der Waals surface area contributed by atoms with Crippen LogP contribution in [0.25, 0.3) is 11.1 Å². The molecule has 1 aliphatic heterocycles. The van der Waals surface area contributed by atoms with Crippen molar-refractivity contribution in [1.29, 1.82) is 0 Å². The Labute approximate surface area is 112 Å². The molecule has 0 amide bonds. The van der Waals surface area contributed by atoms with Crippen LogP contribution in [0, 0.1) is 0 Å². The van der Waals surface area contributed by atoms with Gasteiger partial charge in [0.05, 0.1) is 19.3 Å². The average Bonchev–Trinajstić information content (AvgIpc) is 2.98. The van der Waals surface area contributed by atoms with Gasteiger partial charge in [-0.2, -0.15) is 0 Å². The number of aromatic nitrogens is 1. The number of piperidine rings is 1. The van der Waals surface area contributed by atoms with Gasteiger partial charge >= 0.3 is 0 Å². The summed E-state index contributed by atoms with van der Waals surface area (Å²) in [7, 11) is 1.67. The molecule has 100 valence electrons. The van der Waals surface area contributed by atoms with E-state index in [1.165, 1.54) is 12.8 Å². The largest absolute Gasteiger partial charge is 0.497 e. The maximum atomic E-state index is 5.47. The third-order valence-corrected chi connectivity index (χ3v) is 3.63. The molecule has 2 aromatic rings. The Kier molecular flexibility index (Phi) is 3.51. The van der Waals surface area contributed by atoms with Crippen LogP contribution in [0.1, 0.15) is 31.1 Å². The molecule has 1 N–H and O–H groups in total. The highest BCUT2D eigenvalue weighted by molar-refractivity contribution is 5.65. The fourth-order valence-corrected chi connectivity index (χ4v) is 2.56. The summed E-state index contributed by atoms with van der Waals surface area (Å²) in [6.45, 7) is 1.05. The molecule has 1 aromatic carbocycles. The zero-order chi connectivity index (χ0) is 13.1. The molecule has 1 aromatic heterocycles. The number of benzene rings is 1. The third-order valence-electron chi connectivity index (χ3n) is 3.63. The molecule has 1 unspecified atom stereocenters. The summed E-state index contributed by atoms with van der Waals surface area (Å²) in [5.41, 5.74) is 2.19. The number of rotatable bonds is 3. The van der Waals surface area contributed by atoms with Crippen molar-refractivity contribution in [2.45, 2.75) is 25.3 Å². The van der Waals surface area contributed by atoms with Gasteiger partial charge < -0.3 is 14.6 Å². The second-order valence-electron chi connectivity index (χ2n) is 4.83. The summed E-state index contributed by atoms with van der Waals surface area (Å²) >= 11 is 0. The highest BCUT2D eigenvalue weighted by atomic mass is 16.5. The molecule has 0 saturated carbocycles. The first-order valence-electron chi connectivity index (χ1n) is 6.71. The standard InChI is InChI=1S/C15H18N2O2/c1-18-12-7-5-11(6-8-12)13-10-17-19-15(13)14-4-2-3-9-16-14/h5-8,10,14,16H,2-4,9H2,1H3. The van der Waals surface area contributed by atoms with Crippen molar-refractivity contribution in [3.8, 4) is 16.9 Å². The Morgan fingerprint density at radius 1 is 1.26 bits per heavy atom. The van der Waals surface area contributed by atoms with Gasteiger partial charge in [0.1, 0.15) is 5.75 Å². The highest BCUT2D eigenvalue weighted by Crippen LogP contribution is 2.32. The topological polar surface area (TPSA) is 47.3 Å². The Bertz CT molecular complexity index is 527. The van der Waals surface area contributed by atoms with Gasteiger partial charge in [-0.05, 0) is 37.1 Å². The Morgan fingerprint density at radius 2 is 2.11 bits per heavy atom. The number of ether oxygens (including phenoxy) is 1. The Balaban J connectivity index is 1.89. The maximum absolute atomic E-state index is 5.47. The van der Waals surface area contributed by atoms with Gasteiger partial charge in [0.15, 0.2) is 5.76 Å². The smallest absolute Gasteiger partial charge is 0.161 e. The minimum atomic E-state index is 0.286. The lowest BCUT2D eigenvalue weighted by Crippen LogP contribution is -2.26. The molecule has 0 radical (unpaired) electrons. The molecule has 0 bridgehead atoms. The molecule has 1 fully saturated rings. The molecule has 1 atom stereocenters. The van der Waals surface area contributed by atoms with E-state index in [1.807, 2.05) is 24.3 Å². The summed E-state index contributed by atoms with van der Waals surface area (Å²) in [5.74, 6) is 1.81.